The molecule has 0 spiro atoms. The molecule has 1 aromatic heterocycles. The summed E-state index contributed by atoms with van der Waals surface area (Å²) in [5, 5.41) is 0.862. The van der Waals surface area contributed by atoms with Gasteiger partial charge in [0.25, 0.3) is 0 Å². The number of amides is 2. The first-order chi connectivity index (χ1) is 11.9. The van der Waals surface area contributed by atoms with E-state index in [1.807, 2.05) is 18.2 Å². The Bertz CT molecular complexity index is 916. The van der Waals surface area contributed by atoms with E-state index in [2.05, 4.69) is 17.8 Å². The van der Waals surface area contributed by atoms with Crippen LogP contribution in [-0.4, -0.2) is 31.7 Å². The van der Waals surface area contributed by atoms with Crippen molar-refractivity contribution in [2.75, 3.05) is 11.5 Å². The fourth-order valence-corrected chi connectivity index (χ4v) is 4.68. The highest BCUT2D eigenvalue weighted by molar-refractivity contribution is 7.91. The molecule has 3 rings (SSSR count). The summed E-state index contributed by atoms with van der Waals surface area (Å²) in [6.07, 6.45) is 2.78. The van der Waals surface area contributed by atoms with Crippen LogP contribution in [0, 0.1) is 5.92 Å². The molecule has 0 aliphatic carbocycles. The van der Waals surface area contributed by atoms with Crippen LogP contribution in [0.1, 0.15) is 24.5 Å². The zero-order chi connectivity index (χ0) is 18.0. The van der Waals surface area contributed by atoms with Crippen molar-refractivity contribution in [3.63, 3.8) is 0 Å². The SMILES string of the molecule is CCc1ccc2c(CC(=O)NNC(=O)[C@H]3CCS(=O)(=O)C3)coc2c1. The molecule has 0 unspecified atom stereocenters. The predicted molar refractivity (Wildman–Crippen MR) is 92.3 cm³/mol. The monoisotopic (exact) mass is 364 g/mol. The van der Waals surface area contributed by atoms with Crippen molar-refractivity contribution in [2.24, 2.45) is 5.92 Å². The second-order valence-electron chi connectivity index (χ2n) is 6.26. The first kappa shape index (κ1) is 17.5. The Kier molecular flexibility index (Phi) is 4.80. The lowest BCUT2D eigenvalue weighted by Gasteiger charge is -2.10. The fourth-order valence-electron chi connectivity index (χ4n) is 2.94. The maximum atomic E-state index is 12.0. The van der Waals surface area contributed by atoms with Gasteiger partial charge in [-0.3, -0.25) is 20.4 Å². The number of hydrogen-bond donors (Lipinski definition) is 2. The van der Waals surface area contributed by atoms with Crippen molar-refractivity contribution < 1.29 is 22.4 Å². The number of aryl methyl sites for hydroxylation is 1. The molecule has 2 aromatic rings. The molecule has 0 saturated carbocycles. The molecule has 1 fully saturated rings. The summed E-state index contributed by atoms with van der Waals surface area (Å²) >= 11 is 0. The summed E-state index contributed by atoms with van der Waals surface area (Å²) in [5.41, 5.74) is 7.25. The second-order valence-corrected chi connectivity index (χ2v) is 8.49. The first-order valence-corrected chi connectivity index (χ1v) is 9.98. The van der Waals surface area contributed by atoms with Crippen molar-refractivity contribution >= 4 is 32.6 Å². The van der Waals surface area contributed by atoms with Gasteiger partial charge in [0.1, 0.15) is 5.58 Å². The third-order valence-electron chi connectivity index (χ3n) is 4.41. The quantitative estimate of drug-likeness (QED) is 0.791. The molecule has 1 aliphatic rings. The summed E-state index contributed by atoms with van der Waals surface area (Å²) in [4.78, 5) is 24.0. The summed E-state index contributed by atoms with van der Waals surface area (Å²) in [7, 11) is -3.14. The topological polar surface area (TPSA) is 105 Å². The summed E-state index contributed by atoms with van der Waals surface area (Å²) < 4.78 is 28.3. The van der Waals surface area contributed by atoms with Gasteiger partial charge in [-0.1, -0.05) is 19.1 Å². The van der Waals surface area contributed by atoms with Gasteiger partial charge in [0.2, 0.25) is 11.8 Å². The molecule has 8 heteroatoms. The number of carbonyl (C=O) groups excluding carboxylic acids is 2. The molecule has 25 heavy (non-hydrogen) atoms. The van der Waals surface area contributed by atoms with Crippen molar-refractivity contribution in [1.82, 2.24) is 10.9 Å². The van der Waals surface area contributed by atoms with Crippen LogP contribution >= 0.6 is 0 Å². The van der Waals surface area contributed by atoms with Gasteiger partial charge >= 0.3 is 0 Å². The molecule has 1 aliphatic heterocycles. The minimum Gasteiger partial charge on any atom is -0.464 e. The van der Waals surface area contributed by atoms with Crippen LogP contribution in [-0.2, 0) is 32.3 Å². The number of hydrazine groups is 1. The van der Waals surface area contributed by atoms with Crippen molar-refractivity contribution in [3.05, 3.63) is 35.6 Å². The normalized spacial score (nSPS) is 19.0. The van der Waals surface area contributed by atoms with Crippen molar-refractivity contribution in [3.8, 4) is 0 Å². The van der Waals surface area contributed by atoms with E-state index in [0.717, 1.165) is 28.5 Å². The van der Waals surface area contributed by atoms with Gasteiger partial charge in [0.05, 0.1) is 30.1 Å². The Morgan fingerprint density at radius 2 is 2.08 bits per heavy atom. The molecule has 0 bridgehead atoms. The van der Waals surface area contributed by atoms with E-state index >= 15 is 0 Å². The molecule has 7 nitrogen and oxygen atoms in total. The van der Waals surface area contributed by atoms with Crippen LogP contribution in [0.5, 0.6) is 0 Å². The average Bonchev–Trinajstić information content (AvgIpc) is 3.15. The Hall–Kier alpha value is -2.35. The molecule has 2 N–H and O–H groups in total. The van der Waals surface area contributed by atoms with Crippen molar-refractivity contribution in [1.29, 1.82) is 0 Å². The highest BCUT2D eigenvalue weighted by Gasteiger charge is 2.33. The van der Waals surface area contributed by atoms with Crippen molar-refractivity contribution in [2.45, 2.75) is 26.2 Å². The van der Waals surface area contributed by atoms with E-state index < -0.39 is 27.6 Å². The van der Waals surface area contributed by atoms with Gasteiger partial charge in [0.15, 0.2) is 9.84 Å². The smallest absolute Gasteiger partial charge is 0.242 e. The molecule has 1 saturated heterocycles. The number of sulfone groups is 1. The number of nitrogens with one attached hydrogen (secondary N) is 2. The third-order valence-corrected chi connectivity index (χ3v) is 6.18. The minimum absolute atomic E-state index is 0.0137. The molecule has 2 heterocycles. The van der Waals surface area contributed by atoms with Crippen LogP contribution in [0.15, 0.2) is 28.9 Å². The van der Waals surface area contributed by atoms with Gasteiger partial charge in [-0.25, -0.2) is 8.42 Å². The van der Waals surface area contributed by atoms with Crippen LogP contribution in [0.25, 0.3) is 11.0 Å². The Labute approximate surface area is 145 Å². The third kappa shape index (κ3) is 4.01. The largest absolute Gasteiger partial charge is 0.464 e. The molecule has 1 aromatic carbocycles. The Morgan fingerprint density at radius 1 is 1.28 bits per heavy atom. The number of rotatable bonds is 4. The zero-order valence-corrected chi connectivity index (χ0v) is 14.7. The van der Waals surface area contributed by atoms with Crippen LogP contribution in [0.2, 0.25) is 0 Å². The van der Waals surface area contributed by atoms with Crippen LogP contribution in [0.3, 0.4) is 0 Å². The van der Waals surface area contributed by atoms with E-state index in [0.29, 0.717) is 0 Å². The van der Waals surface area contributed by atoms with Gasteiger partial charge < -0.3 is 4.42 Å². The fraction of sp³-hybridized carbons (Fsp3) is 0.412. The maximum absolute atomic E-state index is 12.0. The molecular weight excluding hydrogens is 344 g/mol. The van der Waals surface area contributed by atoms with Gasteiger partial charge in [-0.15, -0.1) is 0 Å². The lowest BCUT2D eigenvalue weighted by atomic mass is 10.1. The average molecular weight is 364 g/mol. The standard InChI is InChI=1S/C17H20N2O5S/c1-2-11-3-4-14-13(9-24-15(14)7-11)8-16(20)18-19-17(21)12-5-6-25(22,23)10-12/h3-4,7,9,12H,2,5-6,8,10H2,1H3,(H,18,20)(H,19,21)/t12-/m0/s1. The number of hydrogen-bond acceptors (Lipinski definition) is 5. The van der Waals surface area contributed by atoms with E-state index in [9.17, 15) is 18.0 Å². The Balaban J connectivity index is 1.57. The molecule has 134 valence electrons. The first-order valence-electron chi connectivity index (χ1n) is 8.16. The maximum Gasteiger partial charge on any atom is 0.242 e. The predicted octanol–water partition coefficient (Wildman–Crippen LogP) is 1.12. The van der Waals surface area contributed by atoms with Crippen LogP contribution < -0.4 is 10.9 Å². The molecule has 0 radical (unpaired) electrons. The summed E-state index contributed by atoms with van der Waals surface area (Å²) in [6, 6.07) is 5.85. The number of furan rings is 1. The van der Waals surface area contributed by atoms with Gasteiger partial charge in [0, 0.05) is 10.9 Å². The zero-order valence-electron chi connectivity index (χ0n) is 13.9. The highest BCUT2D eigenvalue weighted by atomic mass is 32.2. The van der Waals surface area contributed by atoms with Gasteiger partial charge in [-0.05, 0) is 24.5 Å². The van der Waals surface area contributed by atoms with E-state index in [1.54, 1.807) is 0 Å². The Morgan fingerprint density at radius 3 is 2.76 bits per heavy atom. The van der Waals surface area contributed by atoms with E-state index in [-0.39, 0.29) is 24.3 Å². The lowest BCUT2D eigenvalue weighted by Crippen LogP contribution is -2.45. The second kappa shape index (κ2) is 6.87. The molecule has 1 atom stereocenters. The van der Waals surface area contributed by atoms with Crippen LogP contribution in [0.4, 0.5) is 0 Å². The highest BCUT2D eigenvalue weighted by Crippen LogP contribution is 2.23. The number of benzene rings is 1. The number of fused-ring (bicyclic) bond motifs is 1. The number of carbonyl (C=O) groups is 2. The van der Waals surface area contributed by atoms with E-state index in [1.165, 1.54) is 6.26 Å². The van der Waals surface area contributed by atoms with Gasteiger partial charge in [-0.2, -0.15) is 0 Å². The molecular formula is C17H20N2O5S. The molecule has 2 amide bonds. The summed E-state index contributed by atoms with van der Waals surface area (Å²) in [5.74, 6) is -1.62. The minimum atomic E-state index is -3.14. The lowest BCUT2D eigenvalue weighted by molar-refractivity contribution is -0.130. The van der Waals surface area contributed by atoms with E-state index in [4.69, 9.17) is 4.42 Å². The summed E-state index contributed by atoms with van der Waals surface area (Å²) in [6.45, 7) is 2.05.